The molecule has 5 heteroatoms. The minimum absolute atomic E-state index is 0.173. The Kier molecular flexibility index (Phi) is 5.92. The molecule has 0 saturated carbocycles. The minimum Gasteiger partial charge on any atom is -0.475 e. The average Bonchev–Trinajstić information content (AvgIpc) is 2.83. The van der Waals surface area contributed by atoms with E-state index in [0.717, 1.165) is 11.1 Å². The smallest absolute Gasteiger partial charge is 0.245 e. The summed E-state index contributed by atoms with van der Waals surface area (Å²) >= 11 is 0. The molecule has 30 heavy (non-hydrogen) atoms. The zero-order valence-electron chi connectivity index (χ0n) is 16.4. The molecule has 4 rings (SSSR count). The molecule has 0 saturated heterocycles. The van der Waals surface area contributed by atoms with Crippen LogP contribution < -0.4 is 10.5 Å². The van der Waals surface area contributed by atoms with Crippen molar-refractivity contribution in [3.8, 4) is 28.3 Å². The number of hydrogen-bond acceptors (Lipinski definition) is 5. The van der Waals surface area contributed by atoms with Crippen molar-refractivity contribution in [1.29, 1.82) is 0 Å². The van der Waals surface area contributed by atoms with E-state index in [-0.39, 0.29) is 18.3 Å². The van der Waals surface area contributed by atoms with Gasteiger partial charge in [-0.05, 0) is 5.56 Å². The van der Waals surface area contributed by atoms with E-state index < -0.39 is 0 Å². The van der Waals surface area contributed by atoms with Crippen LogP contribution in [0.2, 0.25) is 0 Å². The highest BCUT2D eigenvalue weighted by Crippen LogP contribution is 2.37. The Labute approximate surface area is 175 Å². The molecule has 0 amide bonds. The fraction of sp³-hybridized carbons (Fsp3) is 0.0800. The molecule has 0 unspecified atom stereocenters. The molecule has 0 fully saturated rings. The second-order valence-corrected chi connectivity index (χ2v) is 6.67. The van der Waals surface area contributed by atoms with E-state index in [1.807, 2.05) is 78.9 Å². The van der Waals surface area contributed by atoms with Crippen molar-refractivity contribution in [3.05, 3.63) is 102 Å². The standard InChI is InChI=1S/C25H21N3O2/c26-16-17-30-25-22(24(29)20-14-8-3-9-15-20)21(18-10-4-1-5-11-18)23(27-28-25)19-12-6-2-7-13-19/h1-15H,16-17,26H2. The van der Waals surface area contributed by atoms with Gasteiger partial charge in [-0.3, -0.25) is 4.79 Å². The summed E-state index contributed by atoms with van der Waals surface area (Å²) in [5, 5.41) is 8.72. The van der Waals surface area contributed by atoms with E-state index in [1.54, 1.807) is 12.1 Å². The fourth-order valence-corrected chi connectivity index (χ4v) is 3.31. The third-order valence-electron chi connectivity index (χ3n) is 4.67. The molecule has 0 aliphatic rings. The van der Waals surface area contributed by atoms with Gasteiger partial charge in [0, 0.05) is 23.2 Å². The molecule has 0 bridgehead atoms. The predicted molar refractivity (Wildman–Crippen MR) is 117 cm³/mol. The maximum Gasteiger partial charge on any atom is 0.245 e. The molecule has 0 atom stereocenters. The number of nitrogens with zero attached hydrogens (tertiary/aromatic N) is 2. The maximum atomic E-state index is 13.6. The summed E-state index contributed by atoms with van der Waals surface area (Å²) in [6, 6.07) is 28.5. The normalized spacial score (nSPS) is 10.6. The largest absolute Gasteiger partial charge is 0.475 e. The van der Waals surface area contributed by atoms with Gasteiger partial charge in [0.05, 0.1) is 5.56 Å². The summed E-state index contributed by atoms with van der Waals surface area (Å²) in [7, 11) is 0. The van der Waals surface area contributed by atoms with Crippen LogP contribution in [0.3, 0.4) is 0 Å². The second kappa shape index (κ2) is 9.11. The van der Waals surface area contributed by atoms with E-state index in [4.69, 9.17) is 10.5 Å². The predicted octanol–water partition coefficient (Wildman–Crippen LogP) is 4.38. The van der Waals surface area contributed by atoms with Crippen molar-refractivity contribution >= 4 is 5.78 Å². The number of ketones is 1. The van der Waals surface area contributed by atoms with Crippen LogP contribution in [0.5, 0.6) is 5.88 Å². The molecule has 0 radical (unpaired) electrons. The number of carbonyl (C=O) groups is 1. The minimum atomic E-state index is -0.173. The van der Waals surface area contributed by atoms with Gasteiger partial charge in [-0.1, -0.05) is 91.0 Å². The lowest BCUT2D eigenvalue weighted by Gasteiger charge is -2.17. The zero-order chi connectivity index (χ0) is 20.8. The van der Waals surface area contributed by atoms with Gasteiger partial charge in [0.2, 0.25) is 5.88 Å². The maximum absolute atomic E-state index is 13.6. The second-order valence-electron chi connectivity index (χ2n) is 6.67. The topological polar surface area (TPSA) is 78.1 Å². The molecule has 1 aromatic heterocycles. The molecule has 1 heterocycles. The summed E-state index contributed by atoms with van der Waals surface area (Å²) in [6.07, 6.45) is 0. The highest BCUT2D eigenvalue weighted by atomic mass is 16.5. The highest BCUT2D eigenvalue weighted by Gasteiger charge is 2.26. The van der Waals surface area contributed by atoms with Crippen molar-refractivity contribution in [1.82, 2.24) is 10.2 Å². The van der Waals surface area contributed by atoms with Gasteiger partial charge in [-0.15, -0.1) is 10.2 Å². The molecule has 3 aromatic carbocycles. The number of rotatable bonds is 7. The molecule has 5 nitrogen and oxygen atoms in total. The molecule has 0 spiro atoms. The number of nitrogens with two attached hydrogens (primary N) is 1. The van der Waals surface area contributed by atoms with E-state index in [0.29, 0.717) is 28.9 Å². The van der Waals surface area contributed by atoms with Crippen molar-refractivity contribution in [2.45, 2.75) is 0 Å². The Morgan fingerprint density at radius 3 is 1.93 bits per heavy atom. The first-order valence-corrected chi connectivity index (χ1v) is 9.73. The summed E-state index contributed by atoms with van der Waals surface area (Å²) in [4.78, 5) is 13.6. The van der Waals surface area contributed by atoms with Gasteiger partial charge in [0.1, 0.15) is 12.3 Å². The number of carbonyl (C=O) groups excluding carboxylic acids is 1. The summed E-state index contributed by atoms with van der Waals surface area (Å²) < 4.78 is 5.76. The van der Waals surface area contributed by atoms with Crippen LogP contribution in [-0.4, -0.2) is 29.1 Å². The number of ether oxygens (including phenoxy) is 1. The Morgan fingerprint density at radius 1 is 0.767 bits per heavy atom. The Hall–Kier alpha value is -3.83. The number of aromatic nitrogens is 2. The third kappa shape index (κ3) is 3.97. The van der Waals surface area contributed by atoms with Crippen LogP contribution in [-0.2, 0) is 0 Å². The van der Waals surface area contributed by atoms with Crippen molar-refractivity contribution in [3.63, 3.8) is 0 Å². The zero-order valence-corrected chi connectivity index (χ0v) is 16.4. The van der Waals surface area contributed by atoms with Crippen molar-refractivity contribution in [2.24, 2.45) is 5.73 Å². The van der Waals surface area contributed by atoms with E-state index >= 15 is 0 Å². The van der Waals surface area contributed by atoms with Crippen molar-refractivity contribution < 1.29 is 9.53 Å². The Bertz CT molecular complexity index is 1130. The molecule has 0 aliphatic heterocycles. The molecule has 4 aromatic rings. The molecular weight excluding hydrogens is 374 g/mol. The molecular formula is C25H21N3O2. The first-order chi connectivity index (χ1) is 14.8. The monoisotopic (exact) mass is 395 g/mol. The SMILES string of the molecule is NCCOc1nnc(-c2ccccc2)c(-c2ccccc2)c1C(=O)c1ccccc1. The van der Waals surface area contributed by atoms with Crippen LogP contribution in [0, 0.1) is 0 Å². The van der Waals surface area contributed by atoms with E-state index in [2.05, 4.69) is 10.2 Å². The van der Waals surface area contributed by atoms with Crippen LogP contribution in [0.4, 0.5) is 0 Å². The lowest BCUT2D eigenvalue weighted by Crippen LogP contribution is -2.16. The fourth-order valence-electron chi connectivity index (χ4n) is 3.31. The molecule has 0 aliphatic carbocycles. The number of hydrogen-bond donors (Lipinski definition) is 1. The van der Waals surface area contributed by atoms with Gasteiger partial charge in [0.25, 0.3) is 0 Å². The third-order valence-corrected chi connectivity index (χ3v) is 4.67. The lowest BCUT2D eigenvalue weighted by molar-refractivity contribution is 0.103. The van der Waals surface area contributed by atoms with Gasteiger partial charge in [-0.2, -0.15) is 0 Å². The van der Waals surface area contributed by atoms with Crippen LogP contribution >= 0.6 is 0 Å². The summed E-state index contributed by atoms with van der Waals surface area (Å²) in [5.41, 5.74) is 9.62. The highest BCUT2D eigenvalue weighted by molar-refractivity contribution is 6.15. The van der Waals surface area contributed by atoms with Gasteiger partial charge in [0.15, 0.2) is 5.78 Å². The van der Waals surface area contributed by atoms with Gasteiger partial charge < -0.3 is 10.5 Å². The van der Waals surface area contributed by atoms with Gasteiger partial charge in [-0.25, -0.2) is 0 Å². The van der Waals surface area contributed by atoms with E-state index in [9.17, 15) is 4.79 Å². The van der Waals surface area contributed by atoms with Gasteiger partial charge >= 0.3 is 0 Å². The Morgan fingerprint density at radius 2 is 1.33 bits per heavy atom. The lowest BCUT2D eigenvalue weighted by atomic mass is 9.91. The van der Waals surface area contributed by atoms with Crippen LogP contribution in [0.15, 0.2) is 91.0 Å². The van der Waals surface area contributed by atoms with Crippen molar-refractivity contribution in [2.75, 3.05) is 13.2 Å². The molecule has 2 N–H and O–H groups in total. The Balaban J connectivity index is 2.02. The average molecular weight is 395 g/mol. The first kappa shape index (κ1) is 19.5. The number of benzene rings is 3. The van der Waals surface area contributed by atoms with E-state index in [1.165, 1.54) is 0 Å². The first-order valence-electron chi connectivity index (χ1n) is 9.73. The molecule has 148 valence electrons. The summed E-state index contributed by atoms with van der Waals surface area (Å²) in [6.45, 7) is 0.546. The quantitative estimate of drug-likeness (QED) is 0.470. The van der Waals surface area contributed by atoms with Crippen LogP contribution in [0.25, 0.3) is 22.4 Å². The summed E-state index contributed by atoms with van der Waals surface area (Å²) in [5.74, 6) is 0.0152. The van der Waals surface area contributed by atoms with Crippen LogP contribution in [0.1, 0.15) is 15.9 Å².